The van der Waals surface area contributed by atoms with E-state index in [0.29, 0.717) is 6.61 Å². The molecule has 0 aromatic heterocycles. The van der Waals surface area contributed by atoms with E-state index in [1.165, 1.54) is 12.1 Å². The van der Waals surface area contributed by atoms with Crippen LogP contribution >= 0.6 is 0 Å². The molecule has 0 heterocycles. The Balaban J connectivity index is 2.07. The number of carbonyl (C=O) groups is 1. The topological polar surface area (TPSA) is 68.6 Å². The molecule has 2 aromatic carbocycles. The zero-order valence-electron chi connectivity index (χ0n) is 19.0. The molecule has 0 saturated carbocycles. The highest BCUT2D eigenvalue weighted by atomic mass is 19.2. The Hall–Kier alpha value is -3.21. The van der Waals surface area contributed by atoms with E-state index in [9.17, 15) is 18.0 Å². The summed E-state index contributed by atoms with van der Waals surface area (Å²) in [5.74, 6) is -4.42. The van der Waals surface area contributed by atoms with Gasteiger partial charge in [-0.25, -0.2) is 13.6 Å². The predicted molar refractivity (Wildman–Crippen MR) is 117 cm³/mol. The number of unbranched alkanes of at least 4 members (excludes halogenated alkanes) is 4. The van der Waals surface area contributed by atoms with Gasteiger partial charge in [0.2, 0.25) is 5.82 Å². The number of hydrogen-bond acceptors (Lipinski definition) is 5. The van der Waals surface area contributed by atoms with Crippen LogP contribution in [-0.4, -0.2) is 18.9 Å². The molecule has 0 aliphatic carbocycles. The average Bonchev–Trinajstić information content (AvgIpc) is 2.78. The monoisotopic (exact) mass is 463 g/mol. The van der Waals surface area contributed by atoms with E-state index in [4.69, 9.17) is 19.5 Å². The molecule has 178 valence electrons. The molecule has 0 aliphatic heterocycles. The van der Waals surface area contributed by atoms with Crippen molar-refractivity contribution < 1.29 is 32.2 Å². The molecule has 2 rings (SSSR count). The van der Waals surface area contributed by atoms with E-state index in [1.54, 1.807) is 19.9 Å². The number of halogens is 3. The van der Waals surface area contributed by atoms with Gasteiger partial charge in [0, 0.05) is 11.5 Å². The van der Waals surface area contributed by atoms with Crippen LogP contribution in [0, 0.1) is 34.7 Å². The van der Waals surface area contributed by atoms with Crippen LogP contribution in [0.3, 0.4) is 0 Å². The van der Waals surface area contributed by atoms with Gasteiger partial charge in [-0.15, -0.1) is 0 Å². The minimum atomic E-state index is -1.43. The number of nitrogens with zero attached hydrogens (tertiary/aromatic N) is 1. The van der Waals surface area contributed by atoms with Crippen LogP contribution in [0.2, 0.25) is 0 Å². The van der Waals surface area contributed by atoms with Crippen molar-refractivity contribution in [3.05, 3.63) is 47.8 Å². The summed E-state index contributed by atoms with van der Waals surface area (Å²) < 4.78 is 58.4. The normalized spacial score (nSPS) is 11.7. The van der Waals surface area contributed by atoms with Crippen LogP contribution in [0.1, 0.15) is 52.9 Å². The van der Waals surface area contributed by atoms with Gasteiger partial charge in [0.1, 0.15) is 6.07 Å². The maximum Gasteiger partial charge on any atom is 0.515 e. The quantitative estimate of drug-likeness (QED) is 0.200. The minimum Gasteiger partial charge on any atom is -0.491 e. The molecule has 5 nitrogen and oxygen atoms in total. The van der Waals surface area contributed by atoms with Crippen molar-refractivity contribution in [2.45, 2.75) is 59.0 Å². The first-order valence-corrected chi connectivity index (χ1v) is 11.0. The molecule has 33 heavy (non-hydrogen) atoms. The van der Waals surface area contributed by atoms with Crippen molar-refractivity contribution in [2.24, 2.45) is 5.92 Å². The zero-order chi connectivity index (χ0) is 24.4. The molecule has 0 bridgehead atoms. The summed E-state index contributed by atoms with van der Waals surface area (Å²) in [4.78, 5) is 11.8. The highest BCUT2D eigenvalue weighted by Gasteiger charge is 2.23. The second-order valence-electron chi connectivity index (χ2n) is 7.91. The van der Waals surface area contributed by atoms with Gasteiger partial charge in [0.25, 0.3) is 0 Å². The summed E-state index contributed by atoms with van der Waals surface area (Å²) in [5.41, 5.74) is -0.118. The summed E-state index contributed by atoms with van der Waals surface area (Å²) in [6.07, 6.45) is 2.75. The van der Waals surface area contributed by atoms with Crippen LogP contribution in [0.4, 0.5) is 18.0 Å². The Bertz CT molecular complexity index is 988. The molecule has 1 unspecified atom stereocenters. The fourth-order valence-corrected chi connectivity index (χ4v) is 3.04. The Kier molecular flexibility index (Phi) is 10.0. The lowest BCUT2D eigenvalue weighted by Gasteiger charge is -2.14. The molecule has 0 N–H and O–H groups in total. The maximum absolute atomic E-state index is 14.6. The standard InChI is InChI=1S/C25H28F3NO4/c1-4-5-6-7-8-13-31-20-11-9-17(14-19(20)26)18-10-12-21(24(28)23(18)27)32-25(30)33-22(15-29)16(2)3/h9-12,14,16,22H,4-8,13H2,1-3H3. The third kappa shape index (κ3) is 7.41. The van der Waals surface area contributed by atoms with Crippen molar-refractivity contribution in [2.75, 3.05) is 6.61 Å². The summed E-state index contributed by atoms with van der Waals surface area (Å²) in [6, 6.07) is 7.80. The summed E-state index contributed by atoms with van der Waals surface area (Å²) >= 11 is 0. The van der Waals surface area contributed by atoms with E-state index < -0.39 is 35.5 Å². The number of benzene rings is 2. The Morgan fingerprint density at radius 2 is 1.70 bits per heavy atom. The van der Waals surface area contributed by atoms with Crippen LogP contribution in [-0.2, 0) is 4.74 Å². The van der Waals surface area contributed by atoms with Crippen molar-refractivity contribution >= 4 is 6.16 Å². The summed E-state index contributed by atoms with van der Waals surface area (Å²) in [7, 11) is 0. The van der Waals surface area contributed by atoms with Gasteiger partial charge in [-0.1, -0.05) is 52.5 Å². The molecule has 2 aromatic rings. The molecule has 0 fully saturated rings. The molecular weight excluding hydrogens is 435 g/mol. The van der Waals surface area contributed by atoms with Gasteiger partial charge >= 0.3 is 6.16 Å². The van der Waals surface area contributed by atoms with Gasteiger partial charge in [-0.3, -0.25) is 0 Å². The first-order valence-electron chi connectivity index (χ1n) is 11.0. The number of rotatable bonds is 11. The fourth-order valence-electron chi connectivity index (χ4n) is 3.04. The average molecular weight is 463 g/mol. The molecule has 0 spiro atoms. The van der Waals surface area contributed by atoms with Crippen LogP contribution in [0.15, 0.2) is 30.3 Å². The number of carbonyl (C=O) groups excluding carboxylic acids is 1. The maximum atomic E-state index is 14.6. The van der Waals surface area contributed by atoms with Gasteiger partial charge in [-0.2, -0.15) is 9.65 Å². The van der Waals surface area contributed by atoms with Crippen molar-refractivity contribution in [3.8, 4) is 28.7 Å². The molecule has 0 amide bonds. The zero-order valence-corrected chi connectivity index (χ0v) is 19.0. The minimum absolute atomic E-state index is 0.0371. The second kappa shape index (κ2) is 12.7. The lowest BCUT2D eigenvalue weighted by molar-refractivity contribution is 0.0609. The summed E-state index contributed by atoms with van der Waals surface area (Å²) in [6.45, 7) is 5.79. The molecule has 1 atom stereocenters. The predicted octanol–water partition coefficient (Wildman–Crippen LogP) is 7.18. The molecule has 8 heteroatoms. The van der Waals surface area contributed by atoms with E-state index in [-0.39, 0.29) is 22.8 Å². The highest BCUT2D eigenvalue weighted by molar-refractivity contribution is 5.68. The van der Waals surface area contributed by atoms with E-state index in [0.717, 1.165) is 50.3 Å². The SMILES string of the molecule is CCCCCCCOc1ccc(-c2ccc(OC(=O)OC(C#N)C(C)C)c(F)c2F)cc1F. The molecular formula is C25H28F3NO4. The van der Waals surface area contributed by atoms with Crippen molar-refractivity contribution in [1.29, 1.82) is 5.26 Å². The van der Waals surface area contributed by atoms with Crippen LogP contribution < -0.4 is 9.47 Å². The number of nitriles is 1. The fraction of sp³-hybridized carbons (Fsp3) is 0.440. The first kappa shape index (κ1) is 26.0. The summed E-state index contributed by atoms with van der Waals surface area (Å²) in [5, 5.41) is 8.95. The number of ether oxygens (including phenoxy) is 3. The van der Waals surface area contributed by atoms with Gasteiger partial charge in [0.05, 0.1) is 6.61 Å². The van der Waals surface area contributed by atoms with Gasteiger partial charge in [0.15, 0.2) is 29.2 Å². The van der Waals surface area contributed by atoms with E-state index >= 15 is 0 Å². The lowest BCUT2D eigenvalue weighted by atomic mass is 10.0. The number of hydrogen-bond donors (Lipinski definition) is 0. The lowest BCUT2D eigenvalue weighted by Crippen LogP contribution is -2.24. The van der Waals surface area contributed by atoms with E-state index in [1.807, 2.05) is 0 Å². The van der Waals surface area contributed by atoms with Crippen molar-refractivity contribution in [1.82, 2.24) is 0 Å². The Labute approximate surface area is 192 Å². The van der Waals surface area contributed by atoms with Gasteiger partial charge < -0.3 is 14.2 Å². The van der Waals surface area contributed by atoms with E-state index in [2.05, 4.69) is 6.92 Å². The van der Waals surface area contributed by atoms with Crippen LogP contribution in [0.25, 0.3) is 11.1 Å². The van der Waals surface area contributed by atoms with Gasteiger partial charge in [-0.05, 0) is 36.2 Å². The van der Waals surface area contributed by atoms with Crippen molar-refractivity contribution in [3.63, 3.8) is 0 Å². The Morgan fingerprint density at radius 3 is 2.33 bits per heavy atom. The smallest absolute Gasteiger partial charge is 0.491 e. The molecule has 0 aliphatic rings. The molecule has 0 saturated heterocycles. The third-order valence-corrected chi connectivity index (χ3v) is 4.94. The first-order chi connectivity index (χ1) is 15.8. The highest BCUT2D eigenvalue weighted by Crippen LogP contribution is 2.32. The third-order valence-electron chi connectivity index (χ3n) is 4.94. The molecule has 0 radical (unpaired) electrons. The van der Waals surface area contributed by atoms with Crippen LogP contribution in [0.5, 0.6) is 11.5 Å². The Morgan fingerprint density at radius 1 is 1.00 bits per heavy atom. The largest absolute Gasteiger partial charge is 0.515 e. The second-order valence-corrected chi connectivity index (χ2v) is 7.91.